The number of carbonyl (C=O) groups excluding carboxylic acids is 2. The molecule has 0 bridgehead atoms. The average molecular weight is 534 g/mol. The SMILES string of the molecule is Cc1ccc(NC(=O)[C@H](CO)N(C)C)cc1C(=O)N[C@H](C)c1cccc2ccccc12.O=C(O)C(F)(F)F. The summed E-state index contributed by atoms with van der Waals surface area (Å²) >= 11 is 0. The molecule has 204 valence electrons. The zero-order valence-electron chi connectivity index (χ0n) is 21.3. The lowest BCUT2D eigenvalue weighted by atomic mass is 9.99. The minimum Gasteiger partial charge on any atom is -0.475 e. The molecule has 38 heavy (non-hydrogen) atoms. The minimum atomic E-state index is -5.08. The van der Waals surface area contributed by atoms with Crippen LogP contribution in [0.4, 0.5) is 18.9 Å². The highest BCUT2D eigenvalue weighted by Crippen LogP contribution is 2.25. The summed E-state index contributed by atoms with van der Waals surface area (Å²) in [4.78, 5) is 36.0. The van der Waals surface area contributed by atoms with Gasteiger partial charge in [0.1, 0.15) is 6.04 Å². The van der Waals surface area contributed by atoms with Crippen LogP contribution in [0, 0.1) is 6.92 Å². The van der Waals surface area contributed by atoms with Crippen LogP contribution in [0.15, 0.2) is 60.7 Å². The molecular weight excluding hydrogens is 503 g/mol. The second-order valence-corrected chi connectivity index (χ2v) is 8.75. The van der Waals surface area contributed by atoms with Gasteiger partial charge in [-0.1, -0.05) is 48.5 Å². The van der Waals surface area contributed by atoms with E-state index in [0.717, 1.165) is 21.9 Å². The van der Waals surface area contributed by atoms with E-state index < -0.39 is 18.2 Å². The number of aliphatic carboxylic acids is 1. The van der Waals surface area contributed by atoms with Gasteiger partial charge in [-0.3, -0.25) is 14.5 Å². The van der Waals surface area contributed by atoms with Gasteiger partial charge in [0.2, 0.25) is 5.91 Å². The zero-order valence-corrected chi connectivity index (χ0v) is 21.3. The van der Waals surface area contributed by atoms with E-state index in [1.807, 2.05) is 38.1 Å². The smallest absolute Gasteiger partial charge is 0.475 e. The van der Waals surface area contributed by atoms with Gasteiger partial charge in [0.15, 0.2) is 0 Å². The Kier molecular flexibility index (Phi) is 10.4. The van der Waals surface area contributed by atoms with Crippen molar-refractivity contribution in [2.24, 2.45) is 0 Å². The quantitative estimate of drug-likeness (QED) is 0.363. The number of aryl methyl sites for hydroxylation is 1. The lowest BCUT2D eigenvalue weighted by Crippen LogP contribution is -2.42. The third-order valence-electron chi connectivity index (χ3n) is 5.73. The molecule has 4 N–H and O–H groups in total. The van der Waals surface area contributed by atoms with Crippen molar-refractivity contribution in [1.29, 1.82) is 0 Å². The Morgan fingerprint density at radius 1 is 1.00 bits per heavy atom. The molecule has 3 aromatic rings. The molecule has 0 unspecified atom stereocenters. The van der Waals surface area contributed by atoms with Gasteiger partial charge in [0.05, 0.1) is 12.6 Å². The second kappa shape index (κ2) is 13.0. The van der Waals surface area contributed by atoms with Crippen molar-refractivity contribution < 1.29 is 37.8 Å². The van der Waals surface area contributed by atoms with Crippen molar-refractivity contribution in [3.05, 3.63) is 77.4 Å². The number of nitrogens with zero attached hydrogens (tertiary/aromatic N) is 1. The maximum Gasteiger partial charge on any atom is 0.490 e. The number of likely N-dealkylation sites (N-methyl/N-ethyl adjacent to an activating group) is 1. The van der Waals surface area contributed by atoms with Crippen molar-refractivity contribution in [2.75, 3.05) is 26.0 Å². The van der Waals surface area contributed by atoms with Gasteiger partial charge in [0.25, 0.3) is 5.91 Å². The molecule has 0 spiro atoms. The largest absolute Gasteiger partial charge is 0.490 e. The number of halogens is 3. The van der Waals surface area contributed by atoms with Gasteiger partial charge in [0, 0.05) is 11.3 Å². The van der Waals surface area contributed by atoms with Crippen molar-refractivity contribution in [2.45, 2.75) is 32.1 Å². The van der Waals surface area contributed by atoms with Gasteiger partial charge in [-0.2, -0.15) is 13.2 Å². The Bertz CT molecular complexity index is 1290. The minimum absolute atomic E-state index is 0.191. The van der Waals surface area contributed by atoms with E-state index in [1.54, 1.807) is 37.2 Å². The molecule has 3 rings (SSSR count). The summed E-state index contributed by atoms with van der Waals surface area (Å²) in [5.74, 6) is -3.29. The maximum atomic E-state index is 13.0. The topological polar surface area (TPSA) is 119 Å². The molecule has 0 radical (unpaired) electrons. The number of anilines is 1. The molecule has 3 aromatic carbocycles. The number of amides is 2. The molecule has 0 fully saturated rings. The summed E-state index contributed by atoms with van der Waals surface area (Å²) in [5.41, 5.74) is 2.87. The Morgan fingerprint density at radius 2 is 1.61 bits per heavy atom. The molecule has 0 aromatic heterocycles. The number of aliphatic hydroxyl groups excluding tert-OH is 1. The van der Waals surface area contributed by atoms with E-state index in [2.05, 4.69) is 28.8 Å². The monoisotopic (exact) mass is 533 g/mol. The molecule has 0 saturated carbocycles. The number of nitrogens with one attached hydrogen (secondary N) is 2. The average Bonchev–Trinajstić information content (AvgIpc) is 2.84. The Labute approximate surface area is 218 Å². The number of aliphatic hydroxyl groups is 1. The standard InChI is InChI=1S/C25H29N3O3.C2HF3O2/c1-16-12-13-19(27-25(31)23(15-29)28(3)4)14-22(16)24(30)26-17(2)20-11-7-9-18-8-5-6-10-21(18)20;3-2(4,5)1(6)7/h5-14,17,23,29H,15H2,1-4H3,(H,26,30)(H,27,31);(H,6,7)/t17-,23+;/m1./s1. The van der Waals surface area contributed by atoms with Gasteiger partial charge < -0.3 is 20.8 Å². The van der Waals surface area contributed by atoms with Crippen molar-refractivity contribution >= 4 is 34.2 Å². The lowest BCUT2D eigenvalue weighted by Gasteiger charge is -2.21. The lowest BCUT2D eigenvalue weighted by molar-refractivity contribution is -0.192. The highest BCUT2D eigenvalue weighted by atomic mass is 19.4. The van der Waals surface area contributed by atoms with Crippen LogP contribution >= 0.6 is 0 Å². The number of rotatable bonds is 7. The number of carboxylic acid groups (broad SMARTS) is 1. The van der Waals surface area contributed by atoms with Crippen molar-refractivity contribution in [3.63, 3.8) is 0 Å². The predicted molar refractivity (Wildman–Crippen MR) is 138 cm³/mol. The molecular formula is C27H30F3N3O5. The molecule has 0 saturated heterocycles. The number of fused-ring (bicyclic) bond motifs is 1. The summed E-state index contributed by atoms with van der Waals surface area (Å²) in [6, 6.07) is 18.5. The van der Waals surface area contributed by atoms with Gasteiger partial charge in [-0.25, -0.2) is 4.79 Å². The fourth-order valence-corrected chi connectivity index (χ4v) is 3.63. The Balaban J connectivity index is 0.000000638. The van der Waals surface area contributed by atoms with Crippen LogP contribution in [0.3, 0.4) is 0 Å². The van der Waals surface area contributed by atoms with Crippen LogP contribution in [-0.2, 0) is 9.59 Å². The first-order valence-electron chi connectivity index (χ1n) is 11.5. The van der Waals surface area contributed by atoms with E-state index in [0.29, 0.717) is 11.3 Å². The highest BCUT2D eigenvalue weighted by molar-refractivity contribution is 6.00. The number of alkyl halides is 3. The van der Waals surface area contributed by atoms with Crippen LogP contribution in [0.2, 0.25) is 0 Å². The summed E-state index contributed by atoms with van der Waals surface area (Å²) in [6.45, 7) is 3.53. The number of hydrogen-bond donors (Lipinski definition) is 4. The van der Waals surface area contributed by atoms with Crippen molar-refractivity contribution in [1.82, 2.24) is 10.2 Å². The molecule has 0 aliphatic rings. The number of carboxylic acids is 1. The summed E-state index contributed by atoms with van der Waals surface area (Å²) in [7, 11) is 3.45. The summed E-state index contributed by atoms with van der Waals surface area (Å²) in [6.07, 6.45) is -5.08. The van der Waals surface area contributed by atoms with E-state index in [1.165, 1.54) is 0 Å². The fraction of sp³-hybridized carbons (Fsp3) is 0.296. The zero-order chi connectivity index (χ0) is 28.6. The van der Waals surface area contributed by atoms with Crippen LogP contribution in [-0.4, -0.2) is 65.8 Å². The Hall–Kier alpha value is -3.96. The predicted octanol–water partition coefficient (Wildman–Crippen LogP) is 4.13. The van der Waals surface area contributed by atoms with Crippen LogP contribution in [0.1, 0.15) is 34.5 Å². The fourth-order valence-electron chi connectivity index (χ4n) is 3.63. The van der Waals surface area contributed by atoms with E-state index >= 15 is 0 Å². The summed E-state index contributed by atoms with van der Waals surface area (Å²) < 4.78 is 31.7. The van der Waals surface area contributed by atoms with Crippen LogP contribution in [0.25, 0.3) is 10.8 Å². The first kappa shape index (κ1) is 30.3. The molecule has 0 aliphatic carbocycles. The normalized spacial score (nSPS) is 12.8. The van der Waals surface area contributed by atoms with Gasteiger partial charge in [-0.05, 0) is 62.0 Å². The third-order valence-corrected chi connectivity index (χ3v) is 5.73. The second-order valence-electron chi connectivity index (χ2n) is 8.75. The number of hydrogen-bond acceptors (Lipinski definition) is 5. The van der Waals surface area contributed by atoms with Crippen LogP contribution in [0.5, 0.6) is 0 Å². The molecule has 0 heterocycles. The van der Waals surface area contributed by atoms with E-state index in [9.17, 15) is 27.9 Å². The highest BCUT2D eigenvalue weighted by Gasteiger charge is 2.38. The number of carbonyl (C=O) groups is 3. The van der Waals surface area contributed by atoms with Gasteiger partial charge in [-0.15, -0.1) is 0 Å². The molecule has 11 heteroatoms. The molecule has 2 atom stereocenters. The first-order chi connectivity index (χ1) is 17.8. The van der Waals surface area contributed by atoms with Crippen molar-refractivity contribution in [3.8, 4) is 0 Å². The molecule has 2 amide bonds. The third kappa shape index (κ3) is 8.02. The number of benzene rings is 3. The molecule has 0 aliphatic heterocycles. The molecule has 8 nitrogen and oxygen atoms in total. The van der Waals surface area contributed by atoms with Gasteiger partial charge >= 0.3 is 12.1 Å². The van der Waals surface area contributed by atoms with E-state index in [-0.39, 0.29) is 24.5 Å². The maximum absolute atomic E-state index is 13.0. The first-order valence-corrected chi connectivity index (χ1v) is 11.5. The van der Waals surface area contributed by atoms with E-state index in [4.69, 9.17) is 9.90 Å². The van der Waals surface area contributed by atoms with Crippen LogP contribution < -0.4 is 10.6 Å². The summed E-state index contributed by atoms with van der Waals surface area (Å²) in [5, 5.41) is 24.7. The Morgan fingerprint density at radius 3 is 2.18 bits per heavy atom.